The first-order valence-electron chi connectivity index (χ1n) is 7.72. The van der Waals surface area contributed by atoms with Crippen LogP contribution in [-0.2, 0) is 15.4 Å². The molecular formula is C18H23NO4S. The van der Waals surface area contributed by atoms with Gasteiger partial charge in [-0.15, -0.1) is 0 Å². The van der Waals surface area contributed by atoms with Crippen molar-refractivity contribution in [2.45, 2.75) is 38.0 Å². The van der Waals surface area contributed by atoms with E-state index in [0.717, 1.165) is 5.56 Å². The van der Waals surface area contributed by atoms with E-state index in [1.54, 1.807) is 31.2 Å². The number of nitrogens with one attached hydrogen (secondary N) is 1. The summed E-state index contributed by atoms with van der Waals surface area (Å²) in [4.78, 5) is 0.0834. The third kappa shape index (κ3) is 4.20. The summed E-state index contributed by atoms with van der Waals surface area (Å²) < 4.78 is 33.6. The molecular weight excluding hydrogens is 326 g/mol. The van der Waals surface area contributed by atoms with E-state index in [2.05, 4.69) is 4.72 Å². The fraction of sp³-hybridized carbons (Fsp3) is 0.333. The van der Waals surface area contributed by atoms with Crippen LogP contribution in [0.15, 0.2) is 47.4 Å². The molecule has 0 aliphatic rings. The van der Waals surface area contributed by atoms with Gasteiger partial charge in [0.25, 0.3) is 10.0 Å². The maximum Gasteiger partial charge on any atom is 0.265 e. The van der Waals surface area contributed by atoms with Crippen LogP contribution in [0.3, 0.4) is 0 Å². The normalized spacial score (nSPS) is 12.0. The maximum atomic E-state index is 12.8. The van der Waals surface area contributed by atoms with Crippen LogP contribution in [0.4, 0.5) is 5.69 Å². The van der Waals surface area contributed by atoms with Crippen molar-refractivity contribution in [3.63, 3.8) is 0 Å². The smallest absolute Gasteiger partial charge is 0.265 e. The lowest BCUT2D eigenvalue weighted by atomic mass is 9.87. The average molecular weight is 349 g/mol. The number of benzene rings is 2. The number of aromatic hydroxyl groups is 1. The highest BCUT2D eigenvalue weighted by atomic mass is 32.2. The van der Waals surface area contributed by atoms with Crippen molar-refractivity contribution >= 4 is 15.7 Å². The van der Waals surface area contributed by atoms with E-state index in [-0.39, 0.29) is 16.1 Å². The Balaban J connectivity index is 2.50. The van der Waals surface area contributed by atoms with Gasteiger partial charge >= 0.3 is 0 Å². The van der Waals surface area contributed by atoms with Crippen LogP contribution in [0, 0.1) is 0 Å². The first-order valence-corrected chi connectivity index (χ1v) is 9.21. The van der Waals surface area contributed by atoms with Crippen molar-refractivity contribution in [3.8, 4) is 11.5 Å². The summed E-state index contributed by atoms with van der Waals surface area (Å²) in [6.07, 6.45) is 0. The zero-order chi connectivity index (χ0) is 18.0. The van der Waals surface area contributed by atoms with Crippen LogP contribution < -0.4 is 9.46 Å². The number of hydrogen-bond acceptors (Lipinski definition) is 4. The van der Waals surface area contributed by atoms with Gasteiger partial charge in [-0.3, -0.25) is 4.72 Å². The monoisotopic (exact) mass is 349 g/mol. The van der Waals surface area contributed by atoms with Gasteiger partial charge in [0, 0.05) is 6.07 Å². The summed E-state index contributed by atoms with van der Waals surface area (Å²) in [5, 5.41) is 9.51. The molecule has 0 atom stereocenters. The van der Waals surface area contributed by atoms with Gasteiger partial charge in [-0.25, -0.2) is 8.42 Å². The highest BCUT2D eigenvalue weighted by Gasteiger charge is 2.24. The first-order chi connectivity index (χ1) is 11.1. The number of ether oxygens (including phenoxy) is 1. The summed E-state index contributed by atoms with van der Waals surface area (Å²) in [5.41, 5.74) is 0.987. The van der Waals surface area contributed by atoms with Crippen molar-refractivity contribution in [2.75, 3.05) is 11.3 Å². The molecule has 0 heterocycles. The largest absolute Gasteiger partial charge is 0.508 e. The minimum atomic E-state index is -3.85. The molecule has 0 aliphatic carbocycles. The third-order valence-corrected chi connectivity index (χ3v) is 4.90. The lowest BCUT2D eigenvalue weighted by Gasteiger charge is -2.21. The molecule has 2 rings (SSSR count). The van der Waals surface area contributed by atoms with E-state index < -0.39 is 10.0 Å². The second kappa shape index (κ2) is 6.73. The molecule has 0 fully saturated rings. The highest BCUT2D eigenvalue weighted by molar-refractivity contribution is 7.92. The Morgan fingerprint density at radius 2 is 1.83 bits per heavy atom. The van der Waals surface area contributed by atoms with Gasteiger partial charge in [0.2, 0.25) is 0 Å². The molecule has 0 aromatic heterocycles. The van der Waals surface area contributed by atoms with Crippen LogP contribution >= 0.6 is 0 Å². The Hall–Kier alpha value is -2.21. The Bertz CT molecular complexity index is 823. The Morgan fingerprint density at radius 3 is 2.42 bits per heavy atom. The molecule has 2 N–H and O–H groups in total. The molecule has 0 spiro atoms. The Morgan fingerprint density at radius 1 is 1.12 bits per heavy atom. The number of phenolic OH excluding ortho intramolecular Hbond substituents is 1. The predicted molar refractivity (Wildman–Crippen MR) is 95.2 cm³/mol. The second-order valence-electron chi connectivity index (χ2n) is 6.50. The van der Waals surface area contributed by atoms with E-state index >= 15 is 0 Å². The van der Waals surface area contributed by atoms with Crippen molar-refractivity contribution < 1.29 is 18.3 Å². The van der Waals surface area contributed by atoms with E-state index in [1.165, 1.54) is 12.1 Å². The molecule has 0 bridgehead atoms. The van der Waals surface area contributed by atoms with Crippen molar-refractivity contribution in [1.82, 2.24) is 0 Å². The fourth-order valence-corrected chi connectivity index (χ4v) is 3.46. The molecule has 2 aromatic rings. The summed E-state index contributed by atoms with van der Waals surface area (Å²) in [5.74, 6) is 0.293. The summed E-state index contributed by atoms with van der Waals surface area (Å²) in [6.45, 7) is 8.21. The van der Waals surface area contributed by atoms with Crippen molar-refractivity contribution in [1.29, 1.82) is 0 Å². The number of rotatable bonds is 5. The van der Waals surface area contributed by atoms with Crippen LogP contribution in [-0.4, -0.2) is 20.1 Å². The summed E-state index contributed by atoms with van der Waals surface area (Å²) in [6, 6.07) is 11.2. The van der Waals surface area contributed by atoms with Gasteiger partial charge in [0.1, 0.15) is 16.4 Å². The Labute approximate surface area is 143 Å². The Kier molecular flexibility index (Phi) is 5.08. The number of sulfonamides is 1. The zero-order valence-corrected chi connectivity index (χ0v) is 15.1. The summed E-state index contributed by atoms with van der Waals surface area (Å²) >= 11 is 0. The van der Waals surface area contributed by atoms with Gasteiger partial charge in [-0.2, -0.15) is 0 Å². The molecule has 0 saturated heterocycles. The van der Waals surface area contributed by atoms with Crippen LogP contribution in [0.2, 0.25) is 0 Å². The molecule has 5 nitrogen and oxygen atoms in total. The minimum absolute atomic E-state index is 0.0105. The average Bonchev–Trinajstić information content (AvgIpc) is 2.46. The van der Waals surface area contributed by atoms with Gasteiger partial charge in [0.05, 0.1) is 12.3 Å². The number of anilines is 1. The SMILES string of the molecule is CCOc1ccc(C(C)(C)C)cc1S(=O)(=O)Nc1cccc(O)c1. The fourth-order valence-electron chi connectivity index (χ4n) is 2.24. The molecule has 0 amide bonds. The summed E-state index contributed by atoms with van der Waals surface area (Å²) in [7, 11) is -3.85. The third-order valence-electron chi connectivity index (χ3n) is 3.50. The van der Waals surface area contributed by atoms with E-state index in [0.29, 0.717) is 18.0 Å². The molecule has 0 radical (unpaired) electrons. The quantitative estimate of drug-likeness (QED) is 0.859. The molecule has 2 aromatic carbocycles. The number of phenols is 1. The van der Waals surface area contributed by atoms with Gasteiger partial charge in [0.15, 0.2) is 0 Å². The first kappa shape index (κ1) is 18.1. The minimum Gasteiger partial charge on any atom is -0.508 e. The van der Waals surface area contributed by atoms with Gasteiger partial charge < -0.3 is 9.84 Å². The van der Waals surface area contributed by atoms with Crippen LogP contribution in [0.5, 0.6) is 11.5 Å². The van der Waals surface area contributed by atoms with Crippen LogP contribution in [0.1, 0.15) is 33.3 Å². The molecule has 6 heteroatoms. The lowest BCUT2D eigenvalue weighted by molar-refractivity contribution is 0.331. The zero-order valence-electron chi connectivity index (χ0n) is 14.3. The van der Waals surface area contributed by atoms with Crippen molar-refractivity contribution in [2.24, 2.45) is 0 Å². The second-order valence-corrected chi connectivity index (χ2v) is 8.15. The molecule has 24 heavy (non-hydrogen) atoms. The van der Waals surface area contributed by atoms with Gasteiger partial charge in [-0.05, 0) is 42.2 Å². The molecule has 0 saturated carbocycles. The molecule has 130 valence electrons. The molecule has 0 unspecified atom stereocenters. The highest BCUT2D eigenvalue weighted by Crippen LogP contribution is 2.32. The van der Waals surface area contributed by atoms with E-state index in [1.807, 2.05) is 26.8 Å². The topological polar surface area (TPSA) is 75.6 Å². The number of hydrogen-bond donors (Lipinski definition) is 2. The van der Waals surface area contributed by atoms with Gasteiger partial charge in [-0.1, -0.05) is 32.9 Å². The van der Waals surface area contributed by atoms with Crippen molar-refractivity contribution in [3.05, 3.63) is 48.0 Å². The molecule has 0 aliphatic heterocycles. The maximum absolute atomic E-state index is 12.8. The van der Waals surface area contributed by atoms with Crippen LogP contribution in [0.25, 0.3) is 0 Å². The predicted octanol–water partition coefficient (Wildman–Crippen LogP) is 3.89. The van der Waals surface area contributed by atoms with E-state index in [4.69, 9.17) is 4.74 Å². The van der Waals surface area contributed by atoms with E-state index in [9.17, 15) is 13.5 Å². The lowest BCUT2D eigenvalue weighted by Crippen LogP contribution is -2.17. The standard InChI is InChI=1S/C18H23NO4S/c1-5-23-16-10-9-13(18(2,3)4)11-17(16)24(21,22)19-14-7-6-8-15(20)12-14/h6-12,19-20H,5H2,1-4H3.